The predicted octanol–water partition coefficient (Wildman–Crippen LogP) is -0.545. The summed E-state index contributed by atoms with van der Waals surface area (Å²) in [7, 11) is -2.79. The van der Waals surface area contributed by atoms with Crippen LogP contribution in [0, 0.1) is 0 Å². The number of nitrogen functional groups attached to an aromatic ring is 1. The molecule has 0 saturated heterocycles. The summed E-state index contributed by atoms with van der Waals surface area (Å²) in [4.78, 5) is 25.7. The molecule has 0 aliphatic carbocycles. The fourth-order valence-corrected chi connectivity index (χ4v) is 2.63. The molecule has 0 bridgehead atoms. The summed E-state index contributed by atoms with van der Waals surface area (Å²) in [6.45, 7) is 0. The van der Waals surface area contributed by atoms with Gasteiger partial charge in [-0.25, -0.2) is 13.2 Å². The topological polar surface area (TPSA) is 147 Å². The van der Waals surface area contributed by atoms with E-state index in [1.807, 2.05) is 4.98 Å². The SMILES string of the molecule is COc1ccc(N)c(NS(=O)(=O)c2c[nH]c(=O)[nH]c2=O)c1. The Labute approximate surface area is 118 Å². The average Bonchev–Trinajstić information content (AvgIpc) is 2.40. The van der Waals surface area contributed by atoms with E-state index in [1.54, 1.807) is 6.07 Å². The highest BCUT2D eigenvalue weighted by Gasteiger charge is 2.20. The number of methoxy groups -OCH3 is 1. The van der Waals surface area contributed by atoms with Crippen LogP contribution in [0.2, 0.25) is 0 Å². The lowest BCUT2D eigenvalue weighted by Gasteiger charge is -2.11. The molecule has 0 atom stereocenters. The maximum absolute atomic E-state index is 12.1. The maximum atomic E-state index is 12.1. The Bertz CT molecular complexity index is 884. The number of H-pyrrole nitrogens is 2. The second kappa shape index (κ2) is 5.32. The second-order valence-corrected chi connectivity index (χ2v) is 5.65. The largest absolute Gasteiger partial charge is 0.497 e. The number of ether oxygens (including phenoxy) is 1. The molecule has 0 unspecified atom stereocenters. The Balaban J connectivity index is 2.47. The fraction of sp³-hybridized carbons (Fsp3) is 0.0909. The summed E-state index contributed by atoms with van der Waals surface area (Å²) >= 11 is 0. The highest BCUT2D eigenvalue weighted by molar-refractivity contribution is 7.92. The quantitative estimate of drug-likeness (QED) is 0.557. The molecule has 21 heavy (non-hydrogen) atoms. The van der Waals surface area contributed by atoms with E-state index in [4.69, 9.17) is 10.5 Å². The zero-order valence-corrected chi connectivity index (χ0v) is 11.7. The van der Waals surface area contributed by atoms with Gasteiger partial charge in [-0.15, -0.1) is 0 Å². The standard InChI is InChI=1S/C11H12N4O5S/c1-20-6-2-3-7(12)8(4-6)15-21(18,19)9-5-13-11(17)14-10(9)16/h2-5,15H,12H2,1H3,(H2,13,14,16,17). The van der Waals surface area contributed by atoms with E-state index in [2.05, 4.69) is 9.71 Å². The molecule has 1 heterocycles. The predicted molar refractivity (Wildman–Crippen MR) is 75.9 cm³/mol. The van der Waals surface area contributed by atoms with Gasteiger partial charge < -0.3 is 15.5 Å². The van der Waals surface area contributed by atoms with Crippen molar-refractivity contribution >= 4 is 21.4 Å². The van der Waals surface area contributed by atoms with Crippen LogP contribution < -0.4 is 26.4 Å². The van der Waals surface area contributed by atoms with Crippen LogP contribution in [0.5, 0.6) is 5.75 Å². The summed E-state index contributed by atoms with van der Waals surface area (Å²) in [5.41, 5.74) is 4.03. The summed E-state index contributed by atoms with van der Waals surface area (Å²) in [6, 6.07) is 4.38. The molecule has 0 radical (unpaired) electrons. The van der Waals surface area contributed by atoms with Gasteiger partial charge in [0, 0.05) is 12.3 Å². The van der Waals surface area contributed by atoms with Crippen LogP contribution in [-0.4, -0.2) is 25.5 Å². The number of aromatic nitrogens is 2. The number of hydrogen-bond acceptors (Lipinski definition) is 6. The maximum Gasteiger partial charge on any atom is 0.325 e. The molecule has 0 amide bonds. The van der Waals surface area contributed by atoms with Crippen molar-refractivity contribution in [2.24, 2.45) is 0 Å². The molecule has 2 aromatic rings. The number of rotatable bonds is 4. The molecule has 9 nitrogen and oxygen atoms in total. The van der Waals surface area contributed by atoms with Crippen molar-refractivity contribution in [3.8, 4) is 5.75 Å². The highest BCUT2D eigenvalue weighted by Crippen LogP contribution is 2.26. The zero-order valence-electron chi connectivity index (χ0n) is 10.8. The molecule has 0 aliphatic heterocycles. The van der Waals surface area contributed by atoms with Gasteiger partial charge in [0.2, 0.25) is 0 Å². The van der Waals surface area contributed by atoms with Gasteiger partial charge in [0.1, 0.15) is 5.75 Å². The zero-order chi connectivity index (χ0) is 15.6. The Hall–Kier alpha value is -2.75. The fourth-order valence-electron chi connectivity index (χ4n) is 1.55. The molecule has 0 saturated carbocycles. The van der Waals surface area contributed by atoms with Gasteiger partial charge in [-0.1, -0.05) is 0 Å². The number of aromatic amines is 2. The first-order valence-electron chi connectivity index (χ1n) is 5.62. The monoisotopic (exact) mass is 312 g/mol. The smallest absolute Gasteiger partial charge is 0.325 e. The van der Waals surface area contributed by atoms with Gasteiger partial charge in [-0.2, -0.15) is 0 Å². The second-order valence-electron chi connectivity index (χ2n) is 3.99. The number of sulfonamides is 1. The van der Waals surface area contributed by atoms with E-state index in [9.17, 15) is 18.0 Å². The molecule has 112 valence electrons. The van der Waals surface area contributed by atoms with Crippen LogP contribution in [0.25, 0.3) is 0 Å². The van der Waals surface area contributed by atoms with Crippen molar-refractivity contribution in [2.45, 2.75) is 4.90 Å². The third kappa shape index (κ3) is 3.05. The molecule has 0 fully saturated rings. The van der Waals surface area contributed by atoms with Crippen molar-refractivity contribution in [3.05, 3.63) is 45.2 Å². The van der Waals surface area contributed by atoms with Crippen LogP contribution in [0.3, 0.4) is 0 Å². The van der Waals surface area contributed by atoms with Crippen LogP contribution in [0.4, 0.5) is 11.4 Å². The first kappa shape index (κ1) is 14.7. The summed E-state index contributed by atoms with van der Waals surface area (Å²) in [6.07, 6.45) is 0.805. The highest BCUT2D eigenvalue weighted by atomic mass is 32.2. The summed E-state index contributed by atoms with van der Waals surface area (Å²) in [5.74, 6) is 0.386. The Morgan fingerprint density at radius 2 is 2.00 bits per heavy atom. The van der Waals surface area contributed by atoms with Crippen LogP contribution in [-0.2, 0) is 10.0 Å². The van der Waals surface area contributed by atoms with Crippen molar-refractivity contribution < 1.29 is 13.2 Å². The lowest BCUT2D eigenvalue weighted by molar-refractivity contribution is 0.415. The average molecular weight is 312 g/mol. The molecule has 10 heteroatoms. The number of benzene rings is 1. The molecule has 0 spiro atoms. The number of anilines is 2. The van der Waals surface area contributed by atoms with Crippen molar-refractivity contribution in [3.63, 3.8) is 0 Å². The van der Waals surface area contributed by atoms with Gasteiger partial charge in [-0.05, 0) is 12.1 Å². The Kier molecular flexibility index (Phi) is 3.72. The van der Waals surface area contributed by atoms with E-state index in [0.717, 1.165) is 6.20 Å². The normalized spacial score (nSPS) is 11.1. The first-order valence-corrected chi connectivity index (χ1v) is 7.10. The number of nitrogens with one attached hydrogen (secondary N) is 3. The minimum absolute atomic E-state index is 0.0555. The minimum atomic E-state index is -4.21. The van der Waals surface area contributed by atoms with Gasteiger partial charge in [0.25, 0.3) is 15.6 Å². The van der Waals surface area contributed by atoms with E-state index >= 15 is 0 Å². The number of nitrogens with two attached hydrogens (primary N) is 1. The third-order valence-corrected chi connectivity index (χ3v) is 3.95. The van der Waals surface area contributed by atoms with E-state index in [-0.39, 0.29) is 11.4 Å². The van der Waals surface area contributed by atoms with Crippen LogP contribution >= 0.6 is 0 Å². The molecule has 0 aliphatic rings. The Morgan fingerprint density at radius 1 is 1.29 bits per heavy atom. The number of hydrogen-bond donors (Lipinski definition) is 4. The van der Waals surface area contributed by atoms with Gasteiger partial charge >= 0.3 is 5.69 Å². The summed E-state index contributed by atoms with van der Waals surface area (Å²) < 4.78 is 31.4. The lowest BCUT2D eigenvalue weighted by atomic mass is 10.2. The van der Waals surface area contributed by atoms with Crippen molar-refractivity contribution in [2.75, 3.05) is 17.6 Å². The van der Waals surface area contributed by atoms with Crippen LogP contribution in [0.15, 0.2) is 38.9 Å². The molecular formula is C11H12N4O5S. The first-order chi connectivity index (χ1) is 9.83. The molecular weight excluding hydrogens is 300 g/mol. The third-order valence-electron chi connectivity index (χ3n) is 2.58. The summed E-state index contributed by atoms with van der Waals surface area (Å²) in [5, 5.41) is 0. The molecule has 5 N–H and O–H groups in total. The van der Waals surface area contributed by atoms with Crippen molar-refractivity contribution in [1.82, 2.24) is 9.97 Å². The van der Waals surface area contributed by atoms with Crippen molar-refractivity contribution in [1.29, 1.82) is 0 Å². The van der Waals surface area contributed by atoms with E-state index in [1.165, 1.54) is 19.2 Å². The van der Waals surface area contributed by atoms with Gasteiger partial charge in [0.05, 0.1) is 18.5 Å². The van der Waals surface area contributed by atoms with Gasteiger partial charge in [-0.3, -0.25) is 14.5 Å². The minimum Gasteiger partial charge on any atom is -0.497 e. The van der Waals surface area contributed by atoms with E-state index < -0.39 is 26.2 Å². The lowest BCUT2D eigenvalue weighted by Crippen LogP contribution is -2.29. The molecule has 2 rings (SSSR count). The van der Waals surface area contributed by atoms with E-state index in [0.29, 0.717) is 5.75 Å². The molecule has 1 aromatic heterocycles. The molecule has 1 aromatic carbocycles. The van der Waals surface area contributed by atoms with Crippen LogP contribution in [0.1, 0.15) is 0 Å². The van der Waals surface area contributed by atoms with Gasteiger partial charge in [0.15, 0.2) is 4.90 Å². The Morgan fingerprint density at radius 3 is 2.62 bits per heavy atom.